The molecule has 1 saturated heterocycles. The summed E-state index contributed by atoms with van der Waals surface area (Å²) in [4.78, 5) is 73.9. The number of aromatic nitrogens is 2. The number of H-pyrrole nitrogens is 2. The van der Waals surface area contributed by atoms with Crippen molar-refractivity contribution in [1.82, 2.24) is 9.97 Å². The number of ether oxygens (including phenoxy) is 5. The van der Waals surface area contributed by atoms with Crippen LogP contribution >= 0.6 is 0 Å². The summed E-state index contributed by atoms with van der Waals surface area (Å²) in [5.41, 5.74) is -1.56. The topological polar surface area (TPSA) is 192 Å². The summed E-state index contributed by atoms with van der Waals surface area (Å²) >= 11 is 0. The summed E-state index contributed by atoms with van der Waals surface area (Å²) in [6.07, 6.45) is -6.60. The Hall–Kier alpha value is -3.68. The minimum atomic E-state index is -1.39. The fraction of sp³-hybridized carbons (Fsp3) is 0.556. The van der Waals surface area contributed by atoms with Gasteiger partial charge in [-0.2, -0.15) is 0 Å². The fourth-order valence-corrected chi connectivity index (χ4v) is 3.04. The molecular weight excluding hydrogens is 434 g/mol. The minimum absolute atomic E-state index is 0.111. The number of aromatic amines is 2. The Labute approximate surface area is 180 Å². The third kappa shape index (κ3) is 6.94. The summed E-state index contributed by atoms with van der Waals surface area (Å²) < 4.78 is 26.5. The predicted molar refractivity (Wildman–Crippen MR) is 103 cm³/mol. The first-order valence-electron chi connectivity index (χ1n) is 9.37. The number of carbonyl (C=O) groups excluding carboxylic acids is 4. The van der Waals surface area contributed by atoms with Gasteiger partial charge in [0.1, 0.15) is 18.5 Å². The molecule has 14 nitrogen and oxygen atoms in total. The summed E-state index contributed by atoms with van der Waals surface area (Å²) in [7, 11) is 0. The van der Waals surface area contributed by atoms with Gasteiger partial charge in [0.05, 0.1) is 0 Å². The van der Waals surface area contributed by atoms with Crippen LogP contribution < -0.4 is 16.6 Å². The van der Waals surface area contributed by atoms with Crippen molar-refractivity contribution in [3.8, 4) is 0 Å². The molecule has 2 rings (SSSR count). The quantitative estimate of drug-likeness (QED) is 0.319. The SMILES string of the molecule is CC(=O)OCC1OC(Nc2cc(=O)[nH]c(=O)[nH]2)C(OC(C)=O)C(OC(C)=O)C1OC(C)=O. The van der Waals surface area contributed by atoms with Crippen molar-refractivity contribution in [2.24, 2.45) is 0 Å². The van der Waals surface area contributed by atoms with Crippen LogP contribution in [0.25, 0.3) is 0 Å². The summed E-state index contributed by atoms with van der Waals surface area (Å²) in [5.74, 6) is -3.12. The molecule has 1 aromatic rings. The molecule has 1 aliphatic heterocycles. The van der Waals surface area contributed by atoms with Crippen LogP contribution in [-0.2, 0) is 42.9 Å². The van der Waals surface area contributed by atoms with Gasteiger partial charge in [-0.1, -0.05) is 0 Å². The molecule has 0 aromatic carbocycles. The number of rotatable bonds is 7. The van der Waals surface area contributed by atoms with Gasteiger partial charge in [-0.05, 0) is 0 Å². The molecule has 0 radical (unpaired) electrons. The molecule has 1 aromatic heterocycles. The molecule has 14 heteroatoms. The van der Waals surface area contributed by atoms with Gasteiger partial charge in [0, 0.05) is 33.8 Å². The highest BCUT2D eigenvalue weighted by molar-refractivity contribution is 5.68. The maximum absolute atomic E-state index is 11.8. The highest BCUT2D eigenvalue weighted by Crippen LogP contribution is 2.29. The average molecular weight is 457 g/mol. The first-order chi connectivity index (χ1) is 15.0. The van der Waals surface area contributed by atoms with Crippen LogP contribution in [0.4, 0.5) is 5.82 Å². The van der Waals surface area contributed by atoms with E-state index in [-0.39, 0.29) is 5.82 Å². The third-order valence-corrected chi connectivity index (χ3v) is 4.05. The van der Waals surface area contributed by atoms with Crippen LogP contribution in [0, 0.1) is 0 Å². The summed E-state index contributed by atoms with van der Waals surface area (Å²) in [6.45, 7) is 4.00. The van der Waals surface area contributed by atoms with Gasteiger partial charge in [-0.15, -0.1) is 0 Å². The van der Waals surface area contributed by atoms with Crippen molar-refractivity contribution in [1.29, 1.82) is 0 Å². The zero-order valence-corrected chi connectivity index (χ0v) is 17.7. The Bertz CT molecular complexity index is 957. The van der Waals surface area contributed by atoms with Crippen molar-refractivity contribution in [3.63, 3.8) is 0 Å². The standard InChI is InChI=1S/C18H23N3O11/c1-7(22)28-6-11-14(29-8(2)23)15(30-9(3)24)16(31-10(4)25)17(32-11)19-12-5-13(26)21-18(27)20-12/h5,11,14-17H,6H2,1-4H3,(H3,19,20,21,26,27). The highest BCUT2D eigenvalue weighted by Gasteiger charge is 2.52. The molecule has 0 spiro atoms. The summed E-state index contributed by atoms with van der Waals surface area (Å²) in [6, 6.07) is 0.996. The Balaban J connectivity index is 2.49. The van der Waals surface area contributed by atoms with E-state index in [2.05, 4.69) is 10.3 Å². The van der Waals surface area contributed by atoms with Gasteiger partial charge >= 0.3 is 29.6 Å². The molecule has 3 N–H and O–H groups in total. The second-order valence-electron chi connectivity index (χ2n) is 6.77. The van der Waals surface area contributed by atoms with Crippen LogP contribution in [-0.4, -0.2) is 71.1 Å². The highest BCUT2D eigenvalue weighted by atomic mass is 16.7. The number of hydrogen-bond acceptors (Lipinski definition) is 12. The zero-order chi connectivity index (χ0) is 24.0. The van der Waals surface area contributed by atoms with E-state index in [1.165, 1.54) is 0 Å². The normalized spacial score (nSPS) is 24.7. The minimum Gasteiger partial charge on any atom is -0.463 e. The summed E-state index contributed by atoms with van der Waals surface area (Å²) in [5, 5.41) is 2.67. The maximum atomic E-state index is 11.8. The van der Waals surface area contributed by atoms with Gasteiger partial charge in [-0.25, -0.2) is 4.79 Å². The third-order valence-electron chi connectivity index (χ3n) is 4.05. The molecule has 1 aliphatic rings. The Morgan fingerprint density at radius 3 is 1.97 bits per heavy atom. The van der Waals surface area contributed by atoms with Crippen molar-refractivity contribution >= 4 is 29.7 Å². The first-order valence-corrected chi connectivity index (χ1v) is 9.37. The van der Waals surface area contributed by atoms with Crippen LogP contribution in [0.5, 0.6) is 0 Å². The van der Waals surface area contributed by atoms with Crippen LogP contribution in [0.1, 0.15) is 27.7 Å². The fourth-order valence-electron chi connectivity index (χ4n) is 3.04. The lowest BCUT2D eigenvalue weighted by molar-refractivity contribution is -0.247. The molecule has 0 amide bonds. The molecule has 0 bridgehead atoms. The van der Waals surface area contributed by atoms with E-state index in [9.17, 15) is 28.8 Å². The van der Waals surface area contributed by atoms with Crippen LogP contribution in [0.3, 0.4) is 0 Å². The number of nitrogens with one attached hydrogen (secondary N) is 3. The van der Waals surface area contributed by atoms with E-state index in [0.29, 0.717) is 0 Å². The second-order valence-corrected chi connectivity index (χ2v) is 6.77. The Morgan fingerprint density at radius 1 is 0.875 bits per heavy atom. The Kier molecular flexibility index (Phi) is 8.12. The lowest BCUT2D eigenvalue weighted by Gasteiger charge is -2.44. The smallest absolute Gasteiger partial charge is 0.327 e. The number of anilines is 1. The van der Waals surface area contributed by atoms with Gasteiger partial charge < -0.3 is 29.0 Å². The molecule has 5 atom stereocenters. The van der Waals surface area contributed by atoms with Gasteiger partial charge in [0.15, 0.2) is 24.5 Å². The van der Waals surface area contributed by atoms with Gasteiger partial charge in [-0.3, -0.25) is 33.9 Å². The van der Waals surface area contributed by atoms with Crippen molar-refractivity contribution in [2.75, 3.05) is 11.9 Å². The van der Waals surface area contributed by atoms with E-state index < -0.39 is 72.4 Å². The number of esters is 4. The number of hydrogen-bond donors (Lipinski definition) is 3. The van der Waals surface area contributed by atoms with Gasteiger partial charge in [0.2, 0.25) is 0 Å². The van der Waals surface area contributed by atoms with Gasteiger partial charge in [0.25, 0.3) is 5.56 Å². The zero-order valence-electron chi connectivity index (χ0n) is 17.7. The molecule has 0 saturated carbocycles. The molecule has 5 unspecified atom stereocenters. The predicted octanol–water partition coefficient (Wildman–Crippen LogP) is -1.44. The maximum Gasteiger partial charge on any atom is 0.327 e. The molecule has 32 heavy (non-hydrogen) atoms. The lowest BCUT2D eigenvalue weighted by atomic mass is 9.97. The largest absolute Gasteiger partial charge is 0.463 e. The van der Waals surface area contributed by atoms with Crippen LogP contribution in [0.2, 0.25) is 0 Å². The molecular formula is C18H23N3O11. The van der Waals surface area contributed by atoms with E-state index in [1.54, 1.807) is 0 Å². The lowest BCUT2D eigenvalue weighted by Crippen LogP contribution is -2.64. The number of carbonyl (C=O) groups is 4. The van der Waals surface area contributed by atoms with E-state index in [1.807, 2.05) is 4.98 Å². The van der Waals surface area contributed by atoms with Crippen molar-refractivity contribution in [2.45, 2.75) is 58.3 Å². The van der Waals surface area contributed by atoms with Crippen molar-refractivity contribution in [3.05, 3.63) is 26.9 Å². The monoisotopic (exact) mass is 457 g/mol. The molecule has 0 aliphatic carbocycles. The molecule has 1 fully saturated rings. The molecule has 176 valence electrons. The van der Waals surface area contributed by atoms with E-state index in [0.717, 1.165) is 33.8 Å². The Morgan fingerprint density at radius 2 is 1.44 bits per heavy atom. The van der Waals surface area contributed by atoms with E-state index >= 15 is 0 Å². The van der Waals surface area contributed by atoms with E-state index in [4.69, 9.17) is 23.7 Å². The second kappa shape index (κ2) is 10.6. The first kappa shape index (κ1) is 24.6. The molecule has 2 heterocycles. The van der Waals surface area contributed by atoms with Crippen molar-refractivity contribution < 1.29 is 42.9 Å². The average Bonchev–Trinajstić information content (AvgIpc) is 2.63. The van der Waals surface area contributed by atoms with Crippen LogP contribution in [0.15, 0.2) is 15.7 Å².